The van der Waals surface area contributed by atoms with Crippen LogP contribution in [-0.4, -0.2) is 4.57 Å². The van der Waals surface area contributed by atoms with Crippen molar-refractivity contribution in [3.63, 3.8) is 0 Å². The van der Waals surface area contributed by atoms with Crippen LogP contribution in [-0.2, 0) is 0 Å². The van der Waals surface area contributed by atoms with Crippen LogP contribution in [0.25, 0.3) is 49.8 Å². The molecule has 0 bridgehead atoms. The van der Waals surface area contributed by atoms with Gasteiger partial charge in [-0.2, -0.15) is 0 Å². The number of benzene rings is 4. The Hall–Kier alpha value is -4.10. The highest BCUT2D eigenvalue weighted by Crippen LogP contribution is 2.48. The molecule has 1 nitrogen and oxygen atoms in total. The van der Waals surface area contributed by atoms with Crippen molar-refractivity contribution in [2.45, 2.75) is 32.1 Å². The first-order valence-electron chi connectivity index (χ1n) is 13.0. The van der Waals surface area contributed by atoms with Crippen LogP contribution in [0.1, 0.15) is 43.2 Å². The van der Waals surface area contributed by atoms with E-state index >= 15 is 0 Å². The number of rotatable bonds is 4. The fraction of sp³-hybridized carbons (Fsp3) is 0.143. The Balaban J connectivity index is 1.40. The average Bonchev–Trinajstić information content (AvgIpc) is 3.41. The lowest BCUT2D eigenvalue weighted by Gasteiger charge is -2.14. The van der Waals surface area contributed by atoms with Crippen LogP contribution < -0.4 is 0 Å². The van der Waals surface area contributed by atoms with E-state index < -0.39 is 0 Å². The Labute approximate surface area is 212 Å². The van der Waals surface area contributed by atoms with Crippen molar-refractivity contribution < 1.29 is 0 Å². The molecule has 5 aromatic rings. The number of fused-ring (bicyclic) bond motifs is 6. The number of hydrogen-bond donors (Lipinski definition) is 0. The predicted octanol–water partition coefficient (Wildman–Crippen LogP) is 9.73. The lowest BCUT2D eigenvalue weighted by Crippen LogP contribution is -1.98. The first-order valence-corrected chi connectivity index (χ1v) is 13.0. The molecule has 0 fully saturated rings. The fourth-order valence-corrected chi connectivity index (χ4v) is 6.29. The van der Waals surface area contributed by atoms with Crippen molar-refractivity contribution in [1.29, 1.82) is 0 Å². The maximum Gasteiger partial charge on any atom is 0.0538 e. The average molecular weight is 464 g/mol. The van der Waals surface area contributed by atoms with Crippen LogP contribution in [0.5, 0.6) is 0 Å². The molecular formula is C35H29N. The number of aromatic nitrogens is 1. The van der Waals surface area contributed by atoms with Gasteiger partial charge in [0.15, 0.2) is 0 Å². The van der Waals surface area contributed by atoms with E-state index in [0.717, 1.165) is 19.3 Å². The molecule has 1 atom stereocenters. The number of para-hydroxylation sites is 1. The van der Waals surface area contributed by atoms with Gasteiger partial charge >= 0.3 is 0 Å². The Morgan fingerprint density at radius 3 is 2.42 bits per heavy atom. The van der Waals surface area contributed by atoms with Gasteiger partial charge in [0.2, 0.25) is 0 Å². The second-order valence-electron chi connectivity index (χ2n) is 10.3. The van der Waals surface area contributed by atoms with Gasteiger partial charge in [0.05, 0.1) is 11.0 Å². The molecule has 1 heterocycles. The Bertz CT molecular complexity index is 1740. The van der Waals surface area contributed by atoms with E-state index in [1.807, 2.05) is 0 Å². The first kappa shape index (κ1) is 21.2. The zero-order valence-electron chi connectivity index (χ0n) is 20.7. The summed E-state index contributed by atoms with van der Waals surface area (Å²) in [7, 11) is 0. The summed E-state index contributed by atoms with van der Waals surface area (Å²) in [5, 5.41) is 2.64. The van der Waals surface area contributed by atoms with Crippen LogP contribution >= 0.6 is 0 Å². The number of hydrogen-bond acceptors (Lipinski definition) is 0. The molecule has 0 spiro atoms. The minimum Gasteiger partial charge on any atom is -0.313 e. The molecule has 2 aliphatic rings. The second kappa shape index (κ2) is 8.24. The van der Waals surface area contributed by atoms with Crippen LogP contribution in [0.3, 0.4) is 0 Å². The molecule has 7 rings (SSSR count). The molecule has 1 heteroatoms. The summed E-state index contributed by atoms with van der Waals surface area (Å²) in [5.74, 6) is 0.404. The summed E-state index contributed by atoms with van der Waals surface area (Å²) in [6.45, 7) is 6.35. The van der Waals surface area contributed by atoms with Crippen molar-refractivity contribution in [3.05, 3.63) is 126 Å². The molecule has 1 aromatic heterocycles. The summed E-state index contributed by atoms with van der Waals surface area (Å²) in [6.07, 6.45) is 9.88. The predicted molar refractivity (Wildman–Crippen MR) is 154 cm³/mol. The topological polar surface area (TPSA) is 4.93 Å². The monoisotopic (exact) mass is 463 g/mol. The third-order valence-corrected chi connectivity index (χ3v) is 7.89. The van der Waals surface area contributed by atoms with Crippen molar-refractivity contribution >= 4 is 27.5 Å². The van der Waals surface area contributed by atoms with E-state index in [9.17, 15) is 0 Å². The van der Waals surface area contributed by atoms with Gasteiger partial charge in [0.25, 0.3) is 0 Å². The molecule has 2 aliphatic carbocycles. The molecule has 0 radical (unpaired) electrons. The van der Waals surface area contributed by atoms with Crippen LogP contribution in [0.2, 0.25) is 0 Å². The molecule has 36 heavy (non-hydrogen) atoms. The third-order valence-electron chi connectivity index (χ3n) is 7.89. The third kappa shape index (κ3) is 3.23. The fourth-order valence-electron chi connectivity index (χ4n) is 6.29. The van der Waals surface area contributed by atoms with Gasteiger partial charge in [-0.15, -0.1) is 6.58 Å². The van der Waals surface area contributed by atoms with E-state index in [1.165, 1.54) is 66.5 Å². The zero-order chi connectivity index (χ0) is 24.2. The van der Waals surface area contributed by atoms with E-state index in [-0.39, 0.29) is 0 Å². The minimum atomic E-state index is 0.404. The highest BCUT2D eigenvalue weighted by atomic mass is 15.0. The van der Waals surface area contributed by atoms with E-state index in [0.29, 0.717) is 5.92 Å². The quantitative estimate of drug-likeness (QED) is 0.234. The highest BCUT2D eigenvalue weighted by molar-refractivity contribution is 6.11. The summed E-state index contributed by atoms with van der Waals surface area (Å²) >= 11 is 0. The Morgan fingerprint density at radius 1 is 0.806 bits per heavy atom. The molecule has 0 aliphatic heterocycles. The lowest BCUT2D eigenvalue weighted by atomic mass is 9.90. The van der Waals surface area contributed by atoms with Gasteiger partial charge in [-0.25, -0.2) is 0 Å². The normalized spacial score (nSPS) is 16.2. The Kier molecular flexibility index (Phi) is 4.85. The summed E-state index contributed by atoms with van der Waals surface area (Å²) in [5.41, 5.74) is 13.3. The SMILES string of the molecule is C=C(C)CC1c2ccccc2-c2cc(-c3ccc4c(c3)c3ccccc3n4C3=CC=CCC3)ccc21. The largest absolute Gasteiger partial charge is 0.313 e. The second-order valence-corrected chi connectivity index (χ2v) is 10.3. The molecule has 4 aromatic carbocycles. The molecule has 174 valence electrons. The maximum absolute atomic E-state index is 4.21. The van der Waals surface area contributed by atoms with Crippen LogP contribution in [0, 0.1) is 0 Å². The van der Waals surface area contributed by atoms with Gasteiger partial charge in [0.1, 0.15) is 0 Å². The molecule has 0 saturated heterocycles. The molecule has 0 N–H and O–H groups in total. The van der Waals surface area contributed by atoms with E-state index in [2.05, 4.69) is 121 Å². The number of allylic oxidation sites excluding steroid dienone is 5. The van der Waals surface area contributed by atoms with Gasteiger partial charge in [-0.3, -0.25) is 0 Å². The van der Waals surface area contributed by atoms with Crippen molar-refractivity contribution in [3.8, 4) is 22.3 Å². The first-order chi connectivity index (χ1) is 17.7. The van der Waals surface area contributed by atoms with E-state index in [1.54, 1.807) is 0 Å². The lowest BCUT2D eigenvalue weighted by molar-refractivity contribution is 0.819. The summed E-state index contributed by atoms with van der Waals surface area (Å²) < 4.78 is 2.46. The Morgan fingerprint density at radius 2 is 1.56 bits per heavy atom. The smallest absolute Gasteiger partial charge is 0.0538 e. The summed E-state index contributed by atoms with van der Waals surface area (Å²) in [4.78, 5) is 0. The van der Waals surface area contributed by atoms with Gasteiger partial charge < -0.3 is 4.57 Å². The molecular weight excluding hydrogens is 434 g/mol. The van der Waals surface area contributed by atoms with E-state index in [4.69, 9.17) is 0 Å². The molecule has 1 unspecified atom stereocenters. The minimum absolute atomic E-state index is 0.404. The van der Waals surface area contributed by atoms with Crippen molar-refractivity contribution in [2.75, 3.05) is 0 Å². The molecule has 0 saturated carbocycles. The van der Waals surface area contributed by atoms with Gasteiger partial charge in [-0.1, -0.05) is 78.4 Å². The maximum atomic E-state index is 4.21. The standard InChI is InChI=1S/C35H29N/c1-23(2)20-31-27-12-6-7-13-28(27)32-21-24(16-18-29(31)32)25-17-19-35-33(22-25)30-14-8-9-15-34(30)36(35)26-10-4-3-5-11-26/h3-4,6-10,12-19,21-22,31H,1,5,11,20H2,2H3. The van der Waals surface area contributed by atoms with Gasteiger partial charge in [0, 0.05) is 22.4 Å². The van der Waals surface area contributed by atoms with Crippen molar-refractivity contribution in [1.82, 2.24) is 4.57 Å². The highest BCUT2D eigenvalue weighted by Gasteiger charge is 2.28. The van der Waals surface area contributed by atoms with Crippen LogP contribution in [0.15, 0.2) is 115 Å². The van der Waals surface area contributed by atoms with Gasteiger partial charge in [-0.05, 0) is 89.9 Å². The van der Waals surface area contributed by atoms with Crippen LogP contribution in [0.4, 0.5) is 0 Å². The number of nitrogens with zero attached hydrogens (tertiary/aromatic N) is 1. The summed E-state index contributed by atoms with van der Waals surface area (Å²) in [6, 6.07) is 31.8. The van der Waals surface area contributed by atoms with Crippen molar-refractivity contribution in [2.24, 2.45) is 0 Å². The molecule has 0 amide bonds. The zero-order valence-corrected chi connectivity index (χ0v) is 20.7.